The van der Waals surface area contributed by atoms with Gasteiger partial charge in [-0.05, 0) is 6.08 Å². The van der Waals surface area contributed by atoms with Crippen LogP contribution in [0.3, 0.4) is 0 Å². The molecule has 0 aliphatic heterocycles. The molecule has 0 radical (unpaired) electrons. The van der Waals surface area contributed by atoms with Crippen molar-refractivity contribution < 1.29 is 14.2 Å². The summed E-state index contributed by atoms with van der Waals surface area (Å²) in [5.74, 6) is 0.396. The minimum Gasteiger partial charge on any atom is -0.501 e. The first-order valence-electron chi connectivity index (χ1n) is 4.24. The second-order valence-electron chi connectivity index (χ2n) is 3.03. The maximum Gasteiger partial charge on any atom is 0.211 e. The molecule has 74 valence electrons. The minimum atomic E-state index is -0.752. The van der Waals surface area contributed by atoms with Crippen LogP contribution in [0.4, 0.5) is 0 Å². The summed E-state index contributed by atoms with van der Waals surface area (Å²) in [7, 11) is 4.86. The molecule has 0 bridgehead atoms. The Kier molecular flexibility index (Phi) is 3.12. The molecule has 1 atom stereocenters. The highest BCUT2D eigenvalue weighted by Gasteiger charge is 2.29. The Hall–Kier alpha value is -0.800. The maximum absolute atomic E-state index is 5.24. The Morgan fingerprint density at radius 2 is 1.85 bits per heavy atom. The van der Waals surface area contributed by atoms with E-state index in [1.165, 1.54) is 0 Å². The molecular weight excluding hydrogens is 168 g/mol. The van der Waals surface area contributed by atoms with E-state index >= 15 is 0 Å². The van der Waals surface area contributed by atoms with Crippen LogP contribution in [-0.4, -0.2) is 27.1 Å². The molecule has 13 heavy (non-hydrogen) atoms. The predicted molar refractivity (Wildman–Crippen MR) is 50.1 cm³/mol. The van der Waals surface area contributed by atoms with E-state index in [0.29, 0.717) is 0 Å². The van der Waals surface area contributed by atoms with Gasteiger partial charge in [-0.3, -0.25) is 0 Å². The highest BCUT2D eigenvalue weighted by molar-refractivity contribution is 5.23. The minimum absolute atomic E-state index is 0.281. The van der Waals surface area contributed by atoms with Crippen LogP contribution in [0.2, 0.25) is 0 Å². The van der Waals surface area contributed by atoms with Crippen molar-refractivity contribution in [3.8, 4) is 0 Å². The lowest BCUT2D eigenvalue weighted by atomic mass is 9.99. The molecule has 1 aliphatic rings. The van der Waals surface area contributed by atoms with E-state index in [1.807, 2.05) is 18.2 Å². The summed E-state index contributed by atoms with van der Waals surface area (Å²) in [6, 6.07) is 0. The zero-order valence-electron chi connectivity index (χ0n) is 8.53. The molecule has 0 spiro atoms. The highest BCUT2D eigenvalue weighted by Crippen LogP contribution is 2.27. The molecule has 0 aromatic rings. The Labute approximate surface area is 79.0 Å². The van der Waals surface area contributed by atoms with Crippen LogP contribution in [0.15, 0.2) is 24.0 Å². The second kappa shape index (κ2) is 3.94. The fourth-order valence-corrected chi connectivity index (χ4v) is 1.33. The molecular formula is C10H16O3. The van der Waals surface area contributed by atoms with Crippen LogP contribution < -0.4 is 0 Å². The first-order valence-corrected chi connectivity index (χ1v) is 4.24. The smallest absolute Gasteiger partial charge is 0.211 e. The molecule has 0 heterocycles. The molecule has 3 heteroatoms. The van der Waals surface area contributed by atoms with E-state index in [9.17, 15) is 0 Å². The summed E-state index contributed by atoms with van der Waals surface area (Å²) in [5, 5.41) is 0. The summed E-state index contributed by atoms with van der Waals surface area (Å²) < 4.78 is 15.7. The Morgan fingerprint density at radius 3 is 2.31 bits per heavy atom. The molecule has 0 amide bonds. The fourth-order valence-electron chi connectivity index (χ4n) is 1.33. The van der Waals surface area contributed by atoms with Crippen molar-refractivity contribution >= 4 is 0 Å². The van der Waals surface area contributed by atoms with Crippen LogP contribution in [-0.2, 0) is 14.2 Å². The third kappa shape index (κ3) is 1.92. The zero-order chi connectivity index (χ0) is 9.90. The third-order valence-electron chi connectivity index (χ3n) is 2.28. The molecule has 1 unspecified atom stereocenters. The molecule has 0 saturated heterocycles. The van der Waals surface area contributed by atoms with E-state index in [2.05, 4.69) is 6.92 Å². The van der Waals surface area contributed by atoms with Gasteiger partial charge in [0, 0.05) is 26.2 Å². The predicted octanol–water partition coefficient (Wildman–Crippen LogP) is 1.71. The summed E-state index contributed by atoms with van der Waals surface area (Å²) in [5.41, 5.74) is 0. The van der Waals surface area contributed by atoms with Gasteiger partial charge in [-0.2, -0.15) is 0 Å². The monoisotopic (exact) mass is 184 g/mol. The first kappa shape index (κ1) is 10.3. The van der Waals surface area contributed by atoms with Crippen molar-refractivity contribution in [3.05, 3.63) is 24.0 Å². The number of methoxy groups -OCH3 is 3. The zero-order valence-corrected chi connectivity index (χ0v) is 8.53. The molecule has 1 rings (SSSR count). The van der Waals surface area contributed by atoms with Gasteiger partial charge in [0.05, 0.1) is 7.11 Å². The lowest BCUT2D eigenvalue weighted by Gasteiger charge is -2.29. The topological polar surface area (TPSA) is 27.7 Å². The van der Waals surface area contributed by atoms with Gasteiger partial charge in [0.15, 0.2) is 0 Å². The van der Waals surface area contributed by atoms with Crippen molar-refractivity contribution in [2.45, 2.75) is 12.7 Å². The van der Waals surface area contributed by atoms with Crippen LogP contribution in [0.5, 0.6) is 0 Å². The number of rotatable bonds is 3. The molecule has 0 saturated carbocycles. The summed E-state index contributed by atoms with van der Waals surface area (Å²) in [4.78, 5) is 0. The average Bonchev–Trinajstić information content (AvgIpc) is 2.19. The molecule has 0 N–H and O–H groups in total. The number of hydrogen-bond acceptors (Lipinski definition) is 3. The Balaban J connectivity index is 2.91. The van der Waals surface area contributed by atoms with Gasteiger partial charge in [-0.1, -0.05) is 13.0 Å². The fraction of sp³-hybridized carbons (Fsp3) is 0.600. The lowest BCUT2D eigenvalue weighted by Crippen LogP contribution is -2.32. The normalized spacial score (nSPS) is 25.5. The highest BCUT2D eigenvalue weighted by atomic mass is 16.7. The van der Waals surface area contributed by atoms with Crippen molar-refractivity contribution in [1.29, 1.82) is 0 Å². The Bertz CT molecular complexity index is 226. The molecule has 1 aliphatic carbocycles. The largest absolute Gasteiger partial charge is 0.501 e. The summed E-state index contributed by atoms with van der Waals surface area (Å²) in [6.45, 7) is 2.06. The molecule has 3 nitrogen and oxygen atoms in total. The van der Waals surface area contributed by atoms with Crippen LogP contribution >= 0.6 is 0 Å². The van der Waals surface area contributed by atoms with Crippen molar-refractivity contribution in [2.24, 2.45) is 5.92 Å². The van der Waals surface area contributed by atoms with Gasteiger partial charge in [-0.25, -0.2) is 0 Å². The van der Waals surface area contributed by atoms with E-state index in [1.54, 1.807) is 21.3 Å². The van der Waals surface area contributed by atoms with Crippen molar-refractivity contribution in [2.75, 3.05) is 21.3 Å². The summed E-state index contributed by atoms with van der Waals surface area (Å²) >= 11 is 0. The standard InChI is InChI=1S/C10H16O3/c1-8-5-6-10(12-3,13-4)7-9(8)11-2/h5-8H,1-4H3. The third-order valence-corrected chi connectivity index (χ3v) is 2.28. The van der Waals surface area contributed by atoms with Crippen molar-refractivity contribution in [1.82, 2.24) is 0 Å². The van der Waals surface area contributed by atoms with Gasteiger partial charge < -0.3 is 14.2 Å². The van der Waals surface area contributed by atoms with Crippen molar-refractivity contribution in [3.63, 3.8) is 0 Å². The SMILES string of the molecule is COC1=CC(OC)(OC)C=CC1C. The molecule has 0 aromatic carbocycles. The number of allylic oxidation sites excluding steroid dienone is 1. The van der Waals surface area contributed by atoms with Crippen LogP contribution in [0, 0.1) is 5.92 Å². The number of hydrogen-bond donors (Lipinski definition) is 0. The van der Waals surface area contributed by atoms with Gasteiger partial charge in [0.25, 0.3) is 0 Å². The quantitative estimate of drug-likeness (QED) is 0.493. The van der Waals surface area contributed by atoms with E-state index in [4.69, 9.17) is 14.2 Å². The second-order valence-corrected chi connectivity index (χ2v) is 3.03. The van der Waals surface area contributed by atoms with Crippen LogP contribution in [0.1, 0.15) is 6.92 Å². The first-order chi connectivity index (χ1) is 6.17. The lowest BCUT2D eigenvalue weighted by molar-refractivity contribution is -0.136. The molecule has 0 aromatic heterocycles. The Morgan fingerprint density at radius 1 is 1.23 bits per heavy atom. The van der Waals surface area contributed by atoms with Gasteiger partial charge >= 0.3 is 0 Å². The average molecular weight is 184 g/mol. The number of ether oxygens (including phenoxy) is 3. The summed E-state index contributed by atoms with van der Waals surface area (Å²) in [6.07, 6.45) is 5.74. The van der Waals surface area contributed by atoms with E-state index in [-0.39, 0.29) is 5.92 Å². The molecule has 0 fully saturated rings. The van der Waals surface area contributed by atoms with E-state index in [0.717, 1.165) is 5.76 Å². The van der Waals surface area contributed by atoms with Gasteiger partial charge in [0.1, 0.15) is 5.76 Å². The maximum atomic E-state index is 5.24. The van der Waals surface area contributed by atoms with Crippen LogP contribution in [0.25, 0.3) is 0 Å². The van der Waals surface area contributed by atoms with E-state index < -0.39 is 5.79 Å². The van der Waals surface area contributed by atoms with Gasteiger partial charge in [-0.15, -0.1) is 0 Å². The van der Waals surface area contributed by atoms with Gasteiger partial charge in [0.2, 0.25) is 5.79 Å².